The zero-order valence-electron chi connectivity index (χ0n) is 9.41. The smallest absolute Gasteiger partial charge is 0.391 e. The van der Waals surface area contributed by atoms with Gasteiger partial charge in [0.25, 0.3) is 23.4 Å². The van der Waals surface area contributed by atoms with Crippen LogP contribution in [0.25, 0.3) is 0 Å². The van der Waals surface area contributed by atoms with Crippen LogP contribution >= 0.6 is 0 Å². The van der Waals surface area contributed by atoms with Gasteiger partial charge in [-0.2, -0.15) is 0 Å². The fourth-order valence-electron chi connectivity index (χ4n) is 1.41. The van der Waals surface area contributed by atoms with Gasteiger partial charge in [0.1, 0.15) is 0 Å². The van der Waals surface area contributed by atoms with Gasteiger partial charge in [0, 0.05) is 0 Å². The zero-order chi connectivity index (χ0) is 14.7. The predicted molar refractivity (Wildman–Crippen MR) is 54.3 cm³/mol. The molecule has 0 aromatic rings. The fraction of sp³-hybridized carbons (Fsp3) is 0.667. The molecule has 0 spiro atoms. The van der Waals surface area contributed by atoms with E-state index in [1.807, 2.05) is 0 Å². The maximum Gasteiger partial charge on any atom is 0.514 e. The first-order valence-corrected chi connectivity index (χ1v) is 4.77. The van der Waals surface area contributed by atoms with Crippen molar-refractivity contribution in [2.75, 3.05) is 0 Å². The molecule has 0 aliphatic carbocycles. The standard InChI is InChI=1S/C6H13N7O6/c7-3(8)5(11,18-1(14)16-3)13-6(12)4(9,10)17-2(15)19-6/h13H,7-12H2. The molecular weight excluding hydrogens is 266 g/mol. The summed E-state index contributed by atoms with van der Waals surface area (Å²) in [6, 6.07) is 0. The number of nitrogens with two attached hydrogens (primary N) is 6. The van der Waals surface area contributed by atoms with Crippen molar-refractivity contribution in [2.45, 2.75) is 23.4 Å². The van der Waals surface area contributed by atoms with Gasteiger partial charge in [-0.25, -0.2) is 14.9 Å². The lowest BCUT2D eigenvalue weighted by Gasteiger charge is -2.39. The molecule has 2 unspecified atom stereocenters. The fourth-order valence-corrected chi connectivity index (χ4v) is 1.41. The molecule has 0 saturated carbocycles. The van der Waals surface area contributed by atoms with Crippen LogP contribution in [0.15, 0.2) is 0 Å². The van der Waals surface area contributed by atoms with Crippen LogP contribution < -0.4 is 39.7 Å². The van der Waals surface area contributed by atoms with Crippen molar-refractivity contribution < 1.29 is 28.5 Å². The first-order chi connectivity index (χ1) is 8.41. The summed E-state index contributed by atoms with van der Waals surface area (Å²) in [7, 11) is 0. The van der Waals surface area contributed by atoms with E-state index < -0.39 is 35.7 Å². The number of cyclic esters (lactones) is 4. The number of nitrogens with one attached hydrogen (secondary N) is 1. The van der Waals surface area contributed by atoms with E-state index in [0.717, 1.165) is 0 Å². The van der Waals surface area contributed by atoms with Gasteiger partial charge in [-0.15, -0.1) is 0 Å². The van der Waals surface area contributed by atoms with Gasteiger partial charge in [0.15, 0.2) is 0 Å². The highest BCUT2D eigenvalue weighted by atomic mass is 16.8. The number of hydrogen-bond acceptors (Lipinski definition) is 13. The first-order valence-electron chi connectivity index (χ1n) is 4.77. The Bertz CT molecular complexity index is 413. The van der Waals surface area contributed by atoms with E-state index in [4.69, 9.17) is 34.4 Å². The van der Waals surface area contributed by atoms with E-state index in [1.54, 1.807) is 0 Å². The molecule has 0 aromatic heterocycles. The van der Waals surface area contributed by atoms with Crippen LogP contribution in [0.5, 0.6) is 0 Å². The minimum absolute atomic E-state index is 1.28. The summed E-state index contributed by atoms with van der Waals surface area (Å²) in [6.07, 6.45) is -2.57. The number of rotatable bonds is 2. The topological polar surface area (TPSA) is 239 Å². The average Bonchev–Trinajstić information content (AvgIpc) is 2.42. The lowest BCUT2D eigenvalue weighted by Crippen LogP contribution is -2.86. The molecule has 0 radical (unpaired) electrons. The molecule has 19 heavy (non-hydrogen) atoms. The van der Waals surface area contributed by atoms with Crippen molar-refractivity contribution in [3.05, 3.63) is 0 Å². The van der Waals surface area contributed by atoms with Gasteiger partial charge in [-0.1, -0.05) is 0 Å². The van der Waals surface area contributed by atoms with Crippen molar-refractivity contribution in [3.8, 4) is 0 Å². The molecule has 2 fully saturated rings. The van der Waals surface area contributed by atoms with Gasteiger partial charge in [-0.3, -0.25) is 34.4 Å². The third-order valence-corrected chi connectivity index (χ3v) is 2.53. The van der Waals surface area contributed by atoms with Gasteiger partial charge in [-0.05, 0) is 0 Å². The third kappa shape index (κ3) is 1.85. The molecular formula is C6H13N7O6. The second-order valence-electron chi connectivity index (χ2n) is 4.09. The molecule has 0 bridgehead atoms. The van der Waals surface area contributed by atoms with Gasteiger partial charge in [0.2, 0.25) is 0 Å². The number of carbonyl (C=O) groups excluding carboxylic acids is 2. The summed E-state index contributed by atoms with van der Waals surface area (Å²) in [4.78, 5) is 22.0. The quantitative estimate of drug-likeness (QED) is 0.186. The predicted octanol–water partition coefficient (Wildman–Crippen LogP) is -4.72. The summed E-state index contributed by atoms with van der Waals surface area (Å²) >= 11 is 0. The number of hydrogen-bond donors (Lipinski definition) is 7. The van der Waals surface area contributed by atoms with Crippen molar-refractivity contribution >= 4 is 12.3 Å². The molecule has 2 rings (SSSR count). The van der Waals surface area contributed by atoms with Crippen molar-refractivity contribution in [3.63, 3.8) is 0 Å². The lowest BCUT2D eigenvalue weighted by molar-refractivity contribution is -0.155. The molecule has 2 atom stereocenters. The van der Waals surface area contributed by atoms with Crippen LogP contribution in [-0.2, 0) is 18.9 Å². The molecule has 2 heterocycles. The summed E-state index contributed by atoms with van der Waals surface area (Å²) in [5.41, 5.74) is 32.8. The van der Waals surface area contributed by atoms with Crippen molar-refractivity contribution in [1.29, 1.82) is 0 Å². The molecule has 0 amide bonds. The normalized spacial score (nSPS) is 39.3. The van der Waals surface area contributed by atoms with Crippen molar-refractivity contribution in [1.82, 2.24) is 5.32 Å². The zero-order valence-corrected chi connectivity index (χ0v) is 9.41. The summed E-state index contributed by atoms with van der Waals surface area (Å²) < 4.78 is 17.9. The summed E-state index contributed by atoms with van der Waals surface area (Å²) in [5, 5.41) is 2.09. The van der Waals surface area contributed by atoms with Gasteiger partial charge >= 0.3 is 12.3 Å². The minimum Gasteiger partial charge on any atom is -0.391 e. The van der Waals surface area contributed by atoms with Crippen LogP contribution in [-0.4, -0.2) is 35.7 Å². The van der Waals surface area contributed by atoms with E-state index >= 15 is 0 Å². The monoisotopic (exact) mass is 279 g/mol. The minimum atomic E-state index is -2.38. The Morgan fingerprint density at radius 1 is 0.684 bits per heavy atom. The molecule has 2 aliphatic rings. The number of carbonyl (C=O) groups is 2. The van der Waals surface area contributed by atoms with Crippen LogP contribution in [0.1, 0.15) is 0 Å². The highest BCUT2D eigenvalue weighted by Gasteiger charge is 2.67. The Balaban J connectivity index is 2.30. The van der Waals surface area contributed by atoms with E-state index in [9.17, 15) is 9.59 Å². The van der Waals surface area contributed by atoms with E-state index in [-0.39, 0.29) is 0 Å². The highest BCUT2D eigenvalue weighted by molar-refractivity contribution is 5.65. The lowest BCUT2D eigenvalue weighted by atomic mass is 10.2. The van der Waals surface area contributed by atoms with Crippen LogP contribution in [0.4, 0.5) is 9.59 Å². The Hall–Kier alpha value is -1.74. The van der Waals surface area contributed by atoms with Crippen LogP contribution in [0.3, 0.4) is 0 Å². The Kier molecular flexibility index (Phi) is 2.47. The molecule has 13 N–H and O–H groups in total. The maximum atomic E-state index is 11.0. The van der Waals surface area contributed by atoms with Gasteiger partial charge < -0.3 is 18.9 Å². The Morgan fingerprint density at radius 2 is 1.00 bits per heavy atom. The molecule has 13 nitrogen and oxygen atoms in total. The molecule has 13 heteroatoms. The second-order valence-corrected chi connectivity index (χ2v) is 4.09. The second kappa shape index (κ2) is 3.42. The van der Waals surface area contributed by atoms with E-state index in [2.05, 4.69) is 24.3 Å². The first kappa shape index (κ1) is 13.7. The van der Waals surface area contributed by atoms with Crippen LogP contribution in [0.2, 0.25) is 0 Å². The van der Waals surface area contributed by atoms with Crippen molar-refractivity contribution in [2.24, 2.45) is 34.4 Å². The van der Waals surface area contributed by atoms with E-state index in [0.29, 0.717) is 0 Å². The molecule has 2 aliphatic heterocycles. The molecule has 108 valence electrons. The highest BCUT2D eigenvalue weighted by Crippen LogP contribution is 2.29. The average molecular weight is 279 g/mol. The number of ether oxygens (including phenoxy) is 4. The van der Waals surface area contributed by atoms with E-state index in [1.165, 1.54) is 0 Å². The maximum absolute atomic E-state index is 11.0. The SMILES string of the molecule is NC1(N)OC(=O)OC1(N)NC1(N)OC(=O)OC1(N)N. The Morgan fingerprint density at radius 3 is 1.21 bits per heavy atom. The third-order valence-electron chi connectivity index (χ3n) is 2.53. The largest absolute Gasteiger partial charge is 0.514 e. The molecule has 2 saturated heterocycles. The Labute approximate surface area is 105 Å². The summed E-state index contributed by atoms with van der Waals surface area (Å²) in [5.74, 6) is -9.42. The molecule has 0 aromatic carbocycles. The van der Waals surface area contributed by atoms with Gasteiger partial charge in [0.05, 0.1) is 0 Å². The summed E-state index contributed by atoms with van der Waals surface area (Å²) in [6.45, 7) is 0. The van der Waals surface area contributed by atoms with Crippen LogP contribution in [0, 0.1) is 0 Å².